The lowest BCUT2D eigenvalue weighted by Gasteiger charge is -1.98. The number of oxime groups is 1. The number of phenolic OH excluding ortho intramolecular Hbond substituents is 1. The number of rotatable bonds is 3. The second-order valence-corrected chi connectivity index (χ2v) is 2.85. The van der Waals surface area contributed by atoms with Crippen LogP contribution >= 0.6 is 11.6 Å². The van der Waals surface area contributed by atoms with Crippen molar-refractivity contribution in [2.24, 2.45) is 5.16 Å². The Morgan fingerprint density at radius 3 is 3.07 bits per heavy atom. The van der Waals surface area contributed by atoms with Crippen molar-refractivity contribution in [2.45, 2.75) is 0 Å². The molecule has 0 atom stereocenters. The number of hydrogen-bond donors (Lipinski definition) is 1. The first-order chi connectivity index (χ1) is 6.74. The van der Waals surface area contributed by atoms with Crippen molar-refractivity contribution in [1.29, 1.82) is 0 Å². The zero-order valence-corrected chi connectivity index (χ0v) is 8.03. The van der Waals surface area contributed by atoms with Crippen molar-refractivity contribution in [3.05, 3.63) is 28.8 Å². The minimum atomic E-state index is 0.0468. The highest BCUT2D eigenvalue weighted by Crippen LogP contribution is 2.20. The van der Waals surface area contributed by atoms with E-state index in [2.05, 4.69) is 15.9 Å². The molecule has 3 nitrogen and oxygen atoms in total. The van der Waals surface area contributed by atoms with E-state index in [4.69, 9.17) is 18.0 Å². The van der Waals surface area contributed by atoms with Gasteiger partial charge in [0.1, 0.15) is 5.75 Å². The van der Waals surface area contributed by atoms with E-state index in [9.17, 15) is 5.11 Å². The molecule has 0 saturated heterocycles. The van der Waals surface area contributed by atoms with E-state index in [1.54, 1.807) is 12.1 Å². The van der Waals surface area contributed by atoms with Gasteiger partial charge in [-0.05, 0) is 18.2 Å². The molecule has 1 aromatic carbocycles. The summed E-state index contributed by atoms with van der Waals surface area (Å²) in [5, 5.41) is 13.4. The van der Waals surface area contributed by atoms with Crippen LogP contribution in [0.1, 0.15) is 5.56 Å². The van der Waals surface area contributed by atoms with Crippen LogP contribution in [0.15, 0.2) is 23.4 Å². The molecule has 0 aliphatic rings. The van der Waals surface area contributed by atoms with Crippen LogP contribution in [0.25, 0.3) is 0 Å². The number of benzene rings is 1. The van der Waals surface area contributed by atoms with Gasteiger partial charge in [0.05, 0.1) is 6.21 Å². The topological polar surface area (TPSA) is 41.8 Å². The maximum atomic E-state index is 9.38. The summed E-state index contributed by atoms with van der Waals surface area (Å²) in [6.45, 7) is 0.102. The molecule has 0 aromatic heterocycles. The average molecular weight is 210 g/mol. The number of halogens is 1. The zero-order chi connectivity index (χ0) is 10.4. The van der Waals surface area contributed by atoms with Gasteiger partial charge >= 0.3 is 0 Å². The number of aromatic hydroxyl groups is 1. The first-order valence-corrected chi connectivity index (χ1v) is 4.19. The summed E-state index contributed by atoms with van der Waals surface area (Å²) in [5.41, 5.74) is 0.520. The van der Waals surface area contributed by atoms with E-state index in [0.29, 0.717) is 10.6 Å². The Kier molecular flexibility index (Phi) is 3.84. The molecule has 0 spiro atoms. The molecule has 0 saturated carbocycles. The van der Waals surface area contributed by atoms with Gasteiger partial charge < -0.3 is 9.94 Å². The lowest BCUT2D eigenvalue weighted by molar-refractivity contribution is 0.181. The monoisotopic (exact) mass is 209 g/mol. The van der Waals surface area contributed by atoms with Crippen LogP contribution < -0.4 is 0 Å². The molecule has 1 N–H and O–H groups in total. The molecule has 0 aliphatic carbocycles. The summed E-state index contributed by atoms with van der Waals surface area (Å²) in [6, 6.07) is 4.69. The smallest absolute Gasteiger partial charge is 0.177 e. The van der Waals surface area contributed by atoms with Crippen LogP contribution in [-0.2, 0) is 4.84 Å². The lowest BCUT2D eigenvalue weighted by Crippen LogP contribution is -1.86. The number of hydrogen-bond acceptors (Lipinski definition) is 3. The van der Waals surface area contributed by atoms with Gasteiger partial charge in [0, 0.05) is 10.6 Å². The Hall–Kier alpha value is -1.66. The third-order valence-electron chi connectivity index (χ3n) is 1.41. The summed E-state index contributed by atoms with van der Waals surface area (Å²) in [5.74, 6) is 2.30. The molecule has 1 aromatic rings. The molecule has 0 aliphatic heterocycles. The SMILES string of the molecule is C#CCON=Cc1ccc(Cl)cc1O. The fourth-order valence-electron chi connectivity index (χ4n) is 0.795. The van der Waals surface area contributed by atoms with Gasteiger partial charge in [-0.25, -0.2) is 0 Å². The highest BCUT2D eigenvalue weighted by molar-refractivity contribution is 6.30. The molecule has 0 amide bonds. The van der Waals surface area contributed by atoms with E-state index in [-0.39, 0.29) is 12.4 Å². The molecule has 0 fully saturated rings. The molecule has 0 heterocycles. The third kappa shape index (κ3) is 3.00. The summed E-state index contributed by atoms with van der Waals surface area (Å²) in [6.07, 6.45) is 6.31. The molecule has 0 bridgehead atoms. The van der Waals surface area contributed by atoms with Crippen molar-refractivity contribution >= 4 is 17.8 Å². The van der Waals surface area contributed by atoms with Crippen molar-refractivity contribution in [3.8, 4) is 18.1 Å². The van der Waals surface area contributed by atoms with Gasteiger partial charge in [0.2, 0.25) is 0 Å². The van der Waals surface area contributed by atoms with Gasteiger partial charge in [0.15, 0.2) is 6.61 Å². The minimum Gasteiger partial charge on any atom is -0.507 e. The molecule has 14 heavy (non-hydrogen) atoms. The van der Waals surface area contributed by atoms with E-state index in [1.807, 2.05) is 0 Å². The molecule has 0 unspecified atom stereocenters. The molecule has 1 rings (SSSR count). The minimum absolute atomic E-state index is 0.0468. The lowest BCUT2D eigenvalue weighted by atomic mass is 10.2. The Labute approximate surface area is 87.0 Å². The van der Waals surface area contributed by atoms with E-state index < -0.39 is 0 Å². The zero-order valence-electron chi connectivity index (χ0n) is 7.27. The largest absolute Gasteiger partial charge is 0.507 e. The van der Waals surface area contributed by atoms with Gasteiger partial charge in [-0.3, -0.25) is 0 Å². The molecule has 0 radical (unpaired) electrons. The molecular formula is C10H8ClNO2. The molecular weight excluding hydrogens is 202 g/mol. The van der Waals surface area contributed by atoms with E-state index >= 15 is 0 Å². The third-order valence-corrected chi connectivity index (χ3v) is 1.64. The van der Waals surface area contributed by atoms with Gasteiger partial charge in [-0.2, -0.15) is 0 Å². The van der Waals surface area contributed by atoms with Gasteiger partial charge in [-0.1, -0.05) is 22.7 Å². The van der Waals surface area contributed by atoms with Crippen molar-refractivity contribution in [3.63, 3.8) is 0 Å². The van der Waals surface area contributed by atoms with Crippen molar-refractivity contribution < 1.29 is 9.94 Å². The predicted molar refractivity (Wildman–Crippen MR) is 55.5 cm³/mol. The summed E-state index contributed by atoms with van der Waals surface area (Å²) >= 11 is 5.64. The Morgan fingerprint density at radius 1 is 1.64 bits per heavy atom. The van der Waals surface area contributed by atoms with E-state index in [1.165, 1.54) is 12.3 Å². The maximum absolute atomic E-state index is 9.38. The molecule has 72 valence electrons. The van der Waals surface area contributed by atoms with Crippen LogP contribution in [0.5, 0.6) is 5.75 Å². The van der Waals surface area contributed by atoms with Crippen LogP contribution in [0.2, 0.25) is 5.02 Å². The van der Waals surface area contributed by atoms with Gasteiger partial charge in [-0.15, -0.1) is 6.42 Å². The van der Waals surface area contributed by atoms with Crippen LogP contribution in [0.4, 0.5) is 0 Å². The first kappa shape index (κ1) is 10.4. The van der Waals surface area contributed by atoms with Crippen molar-refractivity contribution in [2.75, 3.05) is 6.61 Å². The fraction of sp³-hybridized carbons (Fsp3) is 0.100. The normalized spacial score (nSPS) is 10.0. The van der Waals surface area contributed by atoms with Crippen molar-refractivity contribution in [1.82, 2.24) is 0 Å². The molecule has 4 heteroatoms. The highest BCUT2D eigenvalue weighted by Gasteiger charge is 1.98. The highest BCUT2D eigenvalue weighted by atomic mass is 35.5. The Balaban J connectivity index is 2.68. The summed E-state index contributed by atoms with van der Waals surface area (Å²) < 4.78 is 0. The second kappa shape index (κ2) is 5.15. The Bertz CT molecular complexity index is 382. The number of phenols is 1. The van der Waals surface area contributed by atoms with Crippen LogP contribution in [-0.4, -0.2) is 17.9 Å². The van der Waals surface area contributed by atoms with Gasteiger partial charge in [0.25, 0.3) is 0 Å². The Morgan fingerprint density at radius 2 is 2.43 bits per heavy atom. The summed E-state index contributed by atoms with van der Waals surface area (Å²) in [4.78, 5) is 4.66. The fourth-order valence-corrected chi connectivity index (χ4v) is 0.961. The standard InChI is InChI=1S/C10H8ClNO2/c1-2-5-14-12-7-8-3-4-9(11)6-10(8)13/h1,3-4,6-7,13H,5H2. The predicted octanol–water partition coefficient (Wildman–Crippen LogP) is 2.03. The maximum Gasteiger partial charge on any atom is 0.177 e. The summed E-state index contributed by atoms with van der Waals surface area (Å²) in [7, 11) is 0. The van der Waals surface area contributed by atoms with Crippen LogP contribution in [0.3, 0.4) is 0 Å². The first-order valence-electron chi connectivity index (χ1n) is 3.81. The van der Waals surface area contributed by atoms with Crippen LogP contribution in [0, 0.1) is 12.3 Å². The van der Waals surface area contributed by atoms with E-state index in [0.717, 1.165) is 0 Å². The number of nitrogens with zero attached hydrogens (tertiary/aromatic N) is 1. The second-order valence-electron chi connectivity index (χ2n) is 2.42. The average Bonchev–Trinajstić information content (AvgIpc) is 2.15. The number of terminal acetylenes is 1. The quantitative estimate of drug-likeness (QED) is 0.358.